The summed E-state index contributed by atoms with van der Waals surface area (Å²) in [5.74, 6) is -1.47. The highest BCUT2D eigenvalue weighted by Crippen LogP contribution is 2.66. The second-order valence-electron chi connectivity index (χ2n) is 10.1. The highest BCUT2D eigenvalue weighted by atomic mass is 16.2. The van der Waals surface area contributed by atoms with Crippen LogP contribution in [-0.4, -0.2) is 35.1 Å². The molecule has 4 aliphatic heterocycles. The van der Waals surface area contributed by atoms with Crippen molar-refractivity contribution in [2.45, 2.75) is 36.8 Å². The Hall–Kier alpha value is -3.77. The molecule has 3 aromatic carbocycles. The SMILES string of the molecule is Cc1cccc2c1NC(=O)[C@]21[C@H](C(=O)c2ccccc2)[C@@]2(C(=O)Nc3ccccc32)C2CCCN21. The fraction of sp³-hybridized carbons (Fsp3) is 0.276. The van der Waals surface area contributed by atoms with Gasteiger partial charge in [-0.3, -0.25) is 19.3 Å². The number of carbonyl (C=O) groups is 3. The molecule has 4 atom stereocenters. The van der Waals surface area contributed by atoms with Crippen LogP contribution in [0.25, 0.3) is 0 Å². The predicted molar refractivity (Wildman–Crippen MR) is 132 cm³/mol. The summed E-state index contributed by atoms with van der Waals surface area (Å²) in [6.07, 6.45) is 1.61. The summed E-state index contributed by atoms with van der Waals surface area (Å²) in [4.78, 5) is 45.2. The molecule has 0 aliphatic carbocycles. The number of para-hydroxylation sites is 2. The van der Waals surface area contributed by atoms with Gasteiger partial charge in [0.1, 0.15) is 11.0 Å². The second-order valence-corrected chi connectivity index (χ2v) is 10.1. The Morgan fingerprint density at radius 1 is 0.886 bits per heavy atom. The van der Waals surface area contributed by atoms with Gasteiger partial charge in [0.05, 0.1) is 5.92 Å². The van der Waals surface area contributed by atoms with E-state index < -0.39 is 16.9 Å². The number of Topliss-reactive ketones (excluding diaryl/α,β-unsaturated/α-hetero) is 1. The van der Waals surface area contributed by atoms with Crippen LogP contribution in [0.5, 0.6) is 0 Å². The Bertz CT molecular complexity index is 1430. The van der Waals surface area contributed by atoms with Gasteiger partial charge in [-0.1, -0.05) is 66.7 Å². The van der Waals surface area contributed by atoms with E-state index in [-0.39, 0.29) is 23.6 Å². The number of anilines is 2. The Balaban J connectivity index is 1.60. The zero-order valence-corrected chi connectivity index (χ0v) is 19.4. The maximum Gasteiger partial charge on any atom is 0.250 e. The van der Waals surface area contributed by atoms with E-state index >= 15 is 0 Å². The Kier molecular flexibility index (Phi) is 4.05. The summed E-state index contributed by atoms with van der Waals surface area (Å²) >= 11 is 0. The number of ketones is 1. The maximum atomic E-state index is 14.6. The zero-order valence-electron chi connectivity index (χ0n) is 19.4. The van der Waals surface area contributed by atoms with Crippen molar-refractivity contribution in [3.63, 3.8) is 0 Å². The van der Waals surface area contributed by atoms with Crippen LogP contribution >= 0.6 is 0 Å². The number of benzene rings is 3. The fourth-order valence-electron chi connectivity index (χ4n) is 7.49. The second kappa shape index (κ2) is 6.89. The van der Waals surface area contributed by atoms with E-state index in [1.807, 2.05) is 67.6 Å². The van der Waals surface area contributed by atoms with Crippen molar-refractivity contribution in [2.75, 3.05) is 17.2 Å². The average molecular weight is 464 g/mol. The molecule has 35 heavy (non-hydrogen) atoms. The molecule has 6 heteroatoms. The molecule has 7 rings (SSSR count). The highest BCUT2D eigenvalue weighted by Gasteiger charge is 2.78. The molecule has 4 aliphatic rings. The van der Waals surface area contributed by atoms with Crippen LogP contribution in [0.3, 0.4) is 0 Å². The lowest BCUT2D eigenvalue weighted by Crippen LogP contribution is -2.55. The first-order valence-corrected chi connectivity index (χ1v) is 12.2. The van der Waals surface area contributed by atoms with Crippen molar-refractivity contribution in [1.29, 1.82) is 0 Å². The van der Waals surface area contributed by atoms with Gasteiger partial charge >= 0.3 is 0 Å². The van der Waals surface area contributed by atoms with Gasteiger partial charge in [0.2, 0.25) is 11.8 Å². The number of aryl methyl sites for hydroxylation is 1. The van der Waals surface area contributed by atoms with Gasteiger partial charge in [-0.25, -0.2) is 0 Å². The molecule has 0 bridgehead atoms. The average Bonchev–Trinajstić information content (AvgIpc) is 3.59. The maximum absolute atomic E-state index is 14.6. The fourth-order valence-corrected chi connectivity index (χ4v) is 7.49. The van der Waals surface area contributed by atoms with E-state index in [1.54, 1.807) is 12.1 Å². The number of carbonyl (C=O) groups excluding carboxylic acids is 3. The minimum atomic E-state index is -1.26. The molecular weight excluding hydrogens is 438 g/mol. The largest absolute Gasteiger partial charge is 0.325 e. The minimum Gasteiger partial charge on any atom is -0.325 e. The Morgan fingerprint density at radius 2 is 1.63 bits per heavy atom. The number of rotatable bonds is 2. The summed E-state index contributed by atoms with van der Waals surface area (Å²) < 4.78 is 0. The number of hydrogen-bond acceptors (Lipinski definition) is 4. The van der Waals surface area contributed by atoms with Crippen molar-refractivity contribution < 1.29 is 14.4 Å². The topological polar surface area (TPSA) is 78.5 Å². The normalized spacial score (nSPS) is 30.3. The molecule has 6 nitrogen and oxygen atoms in total. The third-order valence-corrected chi connectivity index (χ3v) is 8.69. The molecule has 2 amide bonds. The summed E-state index contributed by atoms with van der Waals surface area (Å²) in [5, 5.41) is 6.21. The van der Waals surface area contributed by atoms with Crippen molar-refractivity contribution in [1.82, 2.24) is 4.90 Å². The molecule has 0 radical (unpaired) electrons. The van der Waals surface area contributed by atoms with Crippen LogP contribution in [0.2, 0.25) is 0 Å². The number of nitrogens with one attached hydrogen (secondary N) is 2. The first-order chi connectivity index (χ1) is 17.0. The molecule has 4 heterocycles. The molecular formula is C29H25N3O3. The van der Waals surface area contributed by atoms with E-state index in [4.69, 9.17) is 0 Å². The molecule has 3 aromatic rings. The van der Waals surface area contributed by atoms with Gasteiger partial charge in [-0.2, -0.15) is 0 Å². The van der Waals surface area contributed by atoms with Crippen molar-refractivity contribution >= 4 is 29.0 Å². The lowest BCUT2D eigenvalue weighted by molar-refractivity contribution is -0.128. The van der Waals surface area contributed by atoms with Gasteiger partial charge in [0.15, 0.2) is 5.78 Å². The molecule has 2 spiro atoms. The molecule has 0 saturated carbocycles. The van der Waals surface area contributed by atoms with E-state index in [0.717, 1.165) is 40.9 Å². The summed E-state index contributed by atoms with van der Waals surface area (Å²) in [5.41, 5.74) is 2.16. The third kappa shape index (κ3) is 2.26. The van der Waals surface area contributed by atoms with E-state index in [1.165, 1.54) is 0 Å². The van der Waals surface area contributed by atoms with E-state index in [0.29, 0.717) is 12.1 Å². The molecule has 1 unspecified atom stereocenters. The minimum absolute atomic E-state index is 0.170. The monoisotopic (exact) mass is 463 g/mol. The van der Waals surface area contributed by atoms with Crippen molar-refractivity contribution in [3.05, 3.63) is 95.1 Å². The van der Waals surface area contributed by atoms with E-state index in [9.17, 15) is 14.4 Å². The zero-order chi connectivity index (χ0) is 23.9. The Morgan fingerprint density at radius 3 is 2.46 bits per heavy atom. The van der Waals surface area contributed by atoms with Crippen LogP contribution in [0.4, 0.5) is 11.4 Å². The lowest BCUT2D eigenvalue weighted by Gasteiger charge is -2.38. The van der Waals surface area contributed by atoms with Crippen LogP contribution in [0.15, 0.2) is 72.8 Å². The third-order valence-electron chi connectivity index (χ3n) is 8.69. The first kappa shape index (κ1) is 20.6. The standard InChI is InChI=1S/C29H25N3O3/c1-17-9-7-13-20-23(17)31-27(35)29(20)25(24(33)18-10-3-2-4-11-18)28(22-15-8-16-32(22)29)19-12-5-6-14-21(19)30-26(28)34/h2-7,9-14,22,25H,8,15-16H2,1H3,(H,30,34)(H,31,35)/t22?,25-,28+,29-/m1/s1. The number of amides is 2. The van der Waals surface area contributed by atoms with Crippen LogP contribution in [-0.2, 0) is 20.5 Å². The van der Waals surface area contributed by atoms with Crippen LogP contribution in [0, 0.1) is 12.8 Å². The van der Waals surface area contributed by atoms with Gasteiger partial charge in [-0.15, -0.1) is 0 Å². The molecule has 2 N–H and O–H groups in total. The molecule has 174 valence electrons. The van der Waals surface area contributed by atoms with Gasteiger partial charge < -0.3 is 10.6 Å². The van der Waals surface area contributed by atoms with Crippen molar-refractivity contribution in [2.24, 2.45) is 5.92 Å². The summed E-state index contributed by atoms with van der Waals surface area (Å²) in [6, 6.07) is 22.4. The lowest BCUT2D eigenvalue weighted by atomic mass is 9.60. The van der Waals surface area contributed by atoms with Gasteiger partial charge in [0, 0.05) is 28.5 Å². The van der Waals surface area contributed by atoms with Gasteiger partial charge in [0.25, 0.3) is 0 Å². The van der Waals surface area contributed by atoms with E-state index in [2.05, 4.69) is 15.5 Å². The Labute approximate surface area is 203 Å². The quantitative estimate of drug-likeness (QED) is 0.563. The number of nitrogens with zero attached hydrogens (tertiary/aromatic N) is 1. The molecule has 0 aromatic heterocycles. The van der Waals surface area contributed by atoms with Crippen molar-refractivity contribution in [3.8, 4) is 0 Å². The number of hydrogen-bond donors (Lipinski definition) is 2. The van der Waals surface area contributed by atoms with Crippen LogP contribution in [0.1, 0.15) is 39.9 Å². The highest BCUT2D eigenvalue weighted by molar-refractivity contribution is 6.19. The number of fused-ring (bicyclic) bond motifs is 7. The van der Waals surface area contributed by atoms with Crippen LogP contribution < -0.4 is 10.6 Å². The molecule has 2 fully saturated rings. The smallest absolute Gasteiger partial charge is 0.250 e. The summed E-state index contributed by atoms with van der Waals surface area (Å²) in [6.45, 7) is 2.62. The van der Waals surface area contributed by atoms with Gasteiger partial charge in [-0.05, 0) is 43.5 Å². The predicted octanol–water partition coefficient (Wildman–Crippen LogP) is 4.01. The molecule has 2 saturated heterocycles. The summed E-state index contributed by atoms with van der Waals surface area (Å²) in [7, 11) is 0. The first-order valence-electron chi connectivity index (χ1n) is 12.2.